The van der Waals surface area contributed by atoms with Gasteiger partial charge in [-0.05, 0) is 61.7 Å². The molecule has 1 fully saturated rings. The lowest BCUT2D eigenvalue weighted by Crippen LogP contribution is -2.35. The Morgan fingerprint density at radius 1 is 1.04 bits per heavy atom. The van der Waals surface area contributed by atoms with Gasteiger partial charge < -0.3 is 4.74 Å². The fraction of sp³-hybridized carbons (Fsp3) is 0.316. The second-order valence-corrected chi connectivity index (χ2v) is 8.22. The standard InChI is InChI=1S/C19H20FNO4S/c1-14-5-10-17(26(23,24)21-11-3-2-4-12-21)13-18(14)19(22)25-16-8-6-15(20)7-9-16/h5-10,13H,2-4,11-12H2,1H3. The molecule has 2 aromatic rings. The molecule has 5 nitrogen and oxygen atoms in total. The lowest BCUT2D eigenvalue weighted by atomic mass is 10.1. The van der Waals surface area contributed by atoms with Gasteiger partial charge in [-0.1, -0.05) is 12.5 Å². The van der Waals surface area contributed by atoms with Crippen molar-refractivity contribution >= 4 is 16.0 Å². The fourth-order valence-corrected chi connectivity index (χ4v) is 4.44. The van der Waals surface area contributed by atoms with Gasteiger partial charge in [0.1, 0.15) is 11.6 Å². The molecule has 1 saturated heterocycles. The van der Waals surface area contributed by atoms with Crippen molar-refractivity contribution < 1.29 is 22.3 Å². The average molecular weight is 377 g/mol. The highest BCUT2D eigenvalue weighted by Crippen LogP contribution is 2.24. The number of ether oxygens (including phenoxy) is 1. The monoisotopic (exact) mass is 377 g/mol. The highest BCUT2D eigenvalue weighted by Gasteiger charge is 2.27. The molecule has 1 aliphatic heterocycles. The third-order valence-corrected chi connectivity index (χ3v) is 6.30. The van der Waals surface area contributed by atoms with E-state index in [1.807, 2.05) is 0 Å². The van der Waals surface area contributed by atoms with E-state index in [1.54, 1.807) is 13.0 Å². The molecule has 1 heterocycles. The van der Waals surface area contributed by atoms with Gasteiger partial charge in [0.05, 0.1) is 10.5 Å². The maximum Gasteiger partial charge on any atom is 0.343 e. The fourth-order valence-electron chi connectivity index (χ4n) is 2.90. The Morgan fingerprint density at radius 3 is 2.35 bits per heavy atom. The molecule has 0 aliphatic carbocycles. The van der Waals surface area contributed by atoms with Crippen molar-refractivity contribution in [2.45, 2.75) is 31.1 Å². The maximum atomic E-state index is 13.0. The Labute approximate surface area is 152 Å². The predicted octanol–water partition coefficient (Wildman–Crippen LogP) is 3.53. The first-order valence-electron chi connectivity index (χ1n) is 8.46. The molecule has 2 aromatic carbocycles. The smallest absolute Gasteiger partial charge is 0.343 e. The van der Waals surface area contributed by atoms with Crippen LogP contribution in [0.15, 0.2) is 47.4 Å². The quantitative estimate of drug-likeness (QED) is 0.604. The molecule has 0 saturated carbocycles. The lowest BCUT2D eigenvalue weighted by molar-refractivity contribution is 0.0733. The molecule has 0 bridgehead atoms. The number of hydrogen-bond donors (Lipinski definition) is 0. The SMILES string of the molecule is Cc1ccc(S(=O)(=O)N2CCCCC2)cc1C(=O)Oc1ccc(F)cc1. The Morgan fingerprint density at radius 2 is 1.69 bits per heavy atom. The van der Waals surface area contributed by atoms with Crippen molar-refractivity contribution in [2.75, 3.05) is 13.1 Å². The molecular formula is C19H20FNO4S. The molecule has 0 unspecified atom stereocenters. The summed E-state index contributed by atoms with van der Waals surface area (Å²) in [7, 11) is -3.64. The normalized spacial score (nSPS) is 15.6. The van der Waals surface area contributed by atoms with E-state index in [0.717, 1.165) is 19.3 Å². The zero-order valence-electron chi connectivity index (χ0n) is 14.4. The number of nitrogens with zero attached hydrogens (tertiary/aromatic N) is 1. The Kier molecular flexibility index (Phi) is 5.38. The van der Waals surface area contributed by atoms with Crippen LogP contribution >= 0.6 is 0 Å². The molecule has 26 heavy (non-hydrogen) atoms. The molecule has 1 aliphatic rings. The number of carbonyl (C=O) groups excluding carboxylic acids is 1. The molecule has 3 rings (SSSR count). The zero-order valence-corrected chi connectivity index (χ0v) is 15.3. The van der Waals surface area contributed by atoms with Gasteiger partial charge in [-0.15, -0.1) is 0 Å². The van der Waals surface area contributed by atoms with Crippen molar-refractivity contribution in [3.05, 3.63) is 59.4 Å². The summed E-state index contributed by atoms with van der Waals surface area (Å²) in [5.41, 5.74) is 0.780. The van der Waals surface area contributed by atoms with Crippen molar-refractivity contribution in [2.24, 2.45) is 0 Å². The maximum absolute atomic E-state index is 13.0. The van der Waals surface area contributed by atoms with Gasteiger partial charge in [-0.25, -0.2) is 17.6 Å². The topological polar surface area (TPSA) is 63.7 Å². The second-order valence-electron chi connectivity index (χ2n) is 6.28. The van der Waals surface area contributed by atoms with Crippen LogP contribution in [-0.4, -0.2) is 31.8 Å². The van der Waals surface area contributed by atoms with E-state index < -0.39 is 21.8 Å². The van der Waals surface area contributed by atoms with Gasteiger partial charge in [-0.3, -0.25) is 0 Å². The summed E-state index contributed by atoms with van der Waals surface area (Å²) in [4.78, 5) is 12.5. The van der Waals surface area contributed by atoms with Crippen molar-refractivity contribution in [1.82, 2.24) is 4.31 Å². The minimum absolute atomic E-state index is 0.0797. The molecule has 0 spiro atoms. The summed E-state index contributed by atoms with van der Waals surface area (Å²) in [5, 5.41) is 0. The van der Waals surface area contributed by atoms with E-state index in [9.17, 15) is 17.6 Å². The van der Waals surface area contributed by atoms with Crippen LogP contribution in [0.25, 0.3) is 0 Å². The Balaban J connectivity index is 1.87. The number of sulfonamides is 1. The summed E-state index contributed by atoms with van der Waals surface area (Å²) in [6.07, 6.45) is 2.70. The summed E-state index contributed by atoms with van der Waals surface area (Å²) in [6, 6.07) is 9.52. The summed E-state index contributed by atoms with van der Waals surface area (Å²) in [6.45, 7) is 2.69. The van der Waals surface area contributed by atoms with E-state index in [-0.39, 0.29) is 16.2 Å². The summed E-state index contributed by atoms with van der Waals surface area (Å²) < 4.78 is 45.3. The van der Waals surface area contributed by atoms with E-state index >= 15 is 0 Å². The molecule has 7 heteroatoms. The van der Waals surface area contributed by atoms with Crippen LogP contribution < -0.4 is 4.74 Å². The van der Waals surface area contributed by atoms with Crippen LogP contribution in [0.4, 0.5) is 4.39 Å². The number of benzene rings is 2. The third-order valence-electron chi connectivity index (χ3n) is 4.41. The molecule has 0 N–H and O–H groups in total. The lowest BCUT2D eigenvalue weighted by Gasteiger charge is -2.26. The third kappa shape index (κ3) is 3.94. The van der Waals surface area contributed by atoms with Gasteiger partial charge in [0.2, 0.25) is 10.0 Å². The van der Waals surface area contributed by atoms with Gasteiger partial charge in [-0.2, -0.15) is 4.31 Å². The second kappa shape index (κ2) is 7.55. The molecule has 0 atom stereocenters. The molecule has 138 valence electrons. The number of piperidine rings is 1. The first-order chi connectivity index (χ1) is 12.4. The van der Waals surface area contributed by atoms with Crippen LogP contribution in [0, 0.1) is 12.7 Å². The van der Waals surface area contributed by atoms with Crippen molar-refractivity contribution in [1.29, 1.82) is 0 Å². The van der Waals surface area contributed by atoms with Crippen LogP contribution in [0.1, 0.15) is 35.2 Å². The van der Waals surface area contributed by atoms with Crippen LogP contribution in [0.3, 0.4) is 0 Å². The van der Waals surface area contributed by atoms with Gasteiger partial charge in [0.15, 0.2) is 0 Å². The van der Waals surface area contributed by atoms with E-state index in [0.29, 0.717) is 18.7 Å². The largest absolute Gasteiger partial charge is 0.423 e. The highest BCUT2D eigenvalue weighted by molar-refractivity contribution is 7.89. The number of aryl methyl sites for hydroxylation is 1. The average Bonchev–Trinajstić information content (AvgIpc) is 2.64. The molecule has 0 radical (unpaired) electrons. The minimum atomic E-state index is -3.64. The van der Waals surface area contributed by atoms with Crippen molar-refractivity contribution in [3.63, 3.8) is 0 Å². The highest BCUT2D eigenvalue weighted by atomic mass is 32.2. The summed E-state index contributed by atoms with van der Waals surface area (Å²) in [5.74, 6) is -0.916. The first-order valence-corrected chi connectivity index (χ1v) is 9.90. The number of carbonyl (C=O) groups is 1. The van der Waals surface area contributed by atoms with Gasteiger partial charge in [0, 0.05) is 13.1 Å². The van der Waals surface area contributed by atoms with Gasteiger partial charge in [0.25, 0.3) is 0 Å². The Hall–Kier alpha value is -2.25. The zero-order chi connectivity index (χ0) is 18.7. The number of halogens is 1. The van der Waals surface area contributed by atoms with Crippen LogP contribution in [0.5, 0.6) is 5.75 Å². The first kappa shape index (κ1) is 18.5. The minimum Gasteiger partial charge on any atom is -0.423 e. The van der Waals surface area contributed by atoms with E-state index in [1.165, 1.54) is 40.7 Å². The van der Waals surface area contributed by atoms with Gasteiger partial charge >= 0.3 is 5.97 Å². The molecular weight excluding hydrogens is 357 g/mol. The Bertz CT molecular complexity index is 904. The van der Waals surface area contributed by atoms with E-state index in [4.69, 9.17) is 4.74 Å². The number of esters is 1. The van der Waals surface area contributed by atoms with E-state index in [2.05, 4.69) is 0 Å². The number of rotatable bonds is 4. The summed E-state index contributed by atoms with van der Waals surface area (Å²) >= 11 is 0. The predicted molar refractivity (Wildman–Crippen MR) is 95.1 cm³/mol. The van der Waals surface area contributed by atoms with Crippen molar-refractivity contribution in [3.8, 4) is 5.75 Å². The van der Waals surface area contributed by atoms with Crippen LogP contribution in [-0.2, 0) is 10.0 Å². The molecule has 0 aromatic heterocycles. The van der Waals surface area contributed by atoms with Crippen LogP contribution in [0.2, 0.25) is 0 Å². The number of hydrogen-bond acceptors (Lipinski definition) is 4. The molecule has 0 amide bonds.